The molecule has 104 valence electrons. The van der Waals surface area contributed by atoms with E-state index in [0.717, 1.165) is 18.7 Å². The zero-order chi connectivity index (χ0) is 13.7. The third-order valence-corrected chi connectivity index (χ3v) is 4.11. The van der Waals surface area contributed by atoms with E-state index in [1.54, 1.807) is 11.3 Å². The van der Waals surface area contributed by atoms with Gasteiger partial charge in [-0.2, -0.15) is 0 Å². The normalized spacial score (nSPS) is 23.9. The molecular weight excluding hydrogens is 260 g/mol. The number of rotatable bonds is 3. The van der Waals surface area contributed by atoms with E-state index in [1.165, 1.54) is 4.88 Å². The summed E-state index contributed by atoms with van der Waals surface area (Å²) in [5.74, 6) is 5.91. The molecule has 0 saturated carbocycles. The fourth-order valence-electron chi connectivity index (χ4n) is 2.09. The van der Waals surface area contributed by atoms with Gasteiger partial charge in [0, 0.05) is 35.0 Å². The maximum atomic E-state index is 9.18. The van der Waals surface area contributed by atoms with E-state index in [2.05, 4.69) is 35.1 Å². The molecule has 2 heterocycles. The Hall–Kier alpha value is -0.900. The van der Waals surface area contributed by atoms with E-state index in [1.807, 2.05) is 0 Å². The summed E-state index contributed by atoms with van der Waals surface area (Å²) in [6.45, 7) is 4.97. The summed E-state index contributed by atoms with van der Waals surface area (Å²) in [5, 5.41) is 11.2. The second-order valence-corrected chi connectivity index (χ2v) is 5.72. The highest BCUT2D eigenvalue weighted by Gasteiger charge is 2.25. The van der Waals surface area contributed by atoms with Gasteiger partial charge in [0.05, 0.1) is 25.9 Å². The van der Waals surface area contributed by atoms with Crippen molar-refractivity contribution in [1.82, 2.24) is 4.90 Å². The molecule has 0 spiro atoms. The zero-order valence-corrected chi connectivity index (χ0v) is 11.9. The molecule has 0 radical (unpaired) electrons. The van der Waals surface area contributed by atoms with Crippen LogP contribution in [0, 0.1) is 11.8 Å². The van der Waals surface area contributed by atoms with Gasteiger partial charge in [-0.3, -0.25) is 4.90 Å². The van der Waals surface area contributed by atoms with Crippen LogP contribution in [-0.4, -0.2) is 48.5 Å². The van der Waals surface area contributed by atoms with Gasteiger partial charge in [-0.25, -0.2) is 0 Å². The van der Waals surface area contributed by atoms with Crippen LogP contribution < -0.4 is 5.73 Å². The molecule has 1 aromatic heterocycles. The summed E-state index contributed by atoms with van der Waals surface area (Å²) >= 11 is 1.72. The van der Waals surface area contributed by atoms with Crippen LogP contribution in [0.4, 0.5) is 0 Å². The van der Waals surface area contributed by atoms with Crippen molar-refractivity contribution in [2.75, 3.05) is 26.3 Å². The first-order chi connectivity index (χ1) is 9.22. The van der Waals surface area contributed by atoms with Crippen molar-refractivity contribution >= 4 is 11.3 Å². The molecule has 0 aliphatic carbocycles. The fraction of sp³-hybridized carbons (Fsp3) is 0.571. The molecule has 2 rings (SSSR count). The molecule has 1 aliphatic rings. The van der Waals surface area contributed by atoms with Crippen molar-refractivity contribution < 1.29 is 9.84 Å². The standard InChI is InChI=1S/C14H20N2O2S/c1-11-9-18-13(8-17)6-16(11)7-14-5-12(10-19-14)3-2-4-15/h5,10-11,13,17H,4,6-9,15H2,1H3. The van der Waals surface area contributed by atoms with Crippen LogP contribution in [0.1, 0.15) is 17.4 Å². The van der Waals surface area contributed by atoms with E-state index in [-0.39, 0.29) is 12.7 Å². The Morgan fingerprint density at radius 2 is 2.47 bits per heavy atom. The van der Waals surface area contributed by atoms with Crippen molar-refractivity contribution in [3.05, 3.63) is 21.9 Å². The zero-order valence-electron chi connectivity index (χ0n) is 11.1. The van der Waals surface area contributed by atoms with Crippen molar-refractivity contribution in [3.63, 3.8) is 0 Å². The first-order valence-electron chi connectivity index (χ1n) is 6.45. The van der Waals surface area contributed by atoms with E-state index < -0.39 is 0 Å². The van der Waals surface area contributed by atoms with Gasteiger partial charge in [-0.05, 0) is 13.0 Å². The average molecular weight is 280 g/mol. The molecule has 3 N–H and O–H groups in total. The van der Waals surface area contributed by atoms with Crippen LogP contribution in [0.15, 0.2) is 11.4 Å². The molecule has 0 amide bonds. The van der Waals surface area contributed by atoms with Gasteiger partial charge in [-0.1, -0.05) is 11.8 Å². The van der Waals surface area contributed by atoms with Gasteiger partial charge in [0.15, 0.2) is 0 Å². The maximum Gasteiger partial charge on any atom is 0.0933 e. The third-order valence-electron chi connectivity index (χ3n) is 3.19. The minimum Gasteiger partial charge on any atom is -0.394 e. The minimum atomic E-state index is -0.0623. The number of aliphatic hydroxyl groups is 1. The summed E-state index contributed by atoms with van der Waals surface area (Å²) in [6, 6.07) is 2.49. The second kappa shape index (κ2) is 7.04. The number of hydrogen-bond donors (Lipinski definition) is 2. The monoisotopic (exact) mass is 280 g/mol. The van der Waals surface area contributed by atoms with Gasteiger partial charge >= 0.3 is 0 Å². The number of aliphatic hydroxyl groups excluding tert-OH is 1. The molecule has 19 heavy (non-hydrogen) atoms. The molecule has 1 aromatic rings. The number of morpholine rings is 1. The summed E-state index contributed by atoms with van der Waals surface area (Å²) in [5.41, 5.74) is 6.40. The van der Waals surface area contributed by atoms with Crippen LogP contribution in [-0.2, 0) is 11.3 Å². The van der Waals surface area contributed by atoms with E-state index in [0.29, 0.717) is 19.2 Å². The molecule has 2 unspecified atom stereocenters. The molecule has 2 atom stereocenters. The summed E-state index contributed by atoms with van der Waals surface area (Å²) < 4.78 is 5.54. The van der Waals surface area contributed by atoms with Crippen LogP contribution in [0.3, 0.4) is 0 Å². The SMILES string of the molecule is CC1COC(CO)CN1Cc1cc(C#CCN)cs1. The number of nitrogens with zero attached hydrogens (tertiary/aromatic N) is 1. The van der Waals surface area contributed by atoms with Gasteiger partial charge in [0.1, 0.15) is 0 Å². The summed E-state index contributed by atoms with van der Waals surface area (Å²) in [7, 11) is 0. The molecule has 5 heteroatoms. The van der Waals surface area contributed by atoms with Crippen LogP contribution in [0.2, 0.25) is 0 Å². The van der Waals surface area contributed by atoms with Crippen LogP contribution in [0.5, 0.6) is 0 Å². The minimum absolute atomic E-state index is 0.0623. The first kappa shape index (κ1) is 14.5. The smallest absolute Gasteiger partial charge is 0.0933 e. The lowest BCUT2D eigenvalue weighted by molar-refractivity contribution is -0.0802. The van der Waals surface area contributed by atoms with Crippen molar-refractivity contribution in [2.45, 2.75) is 25.6 Å². The highest BCUT2D eigenvalue weighted by Crippen LogP contribution is 2.20. The molecule has 0 aromatic carbocycles. The molecule has 1 aliphatic heterocycles. The van der Waals surface area contributed by atoms with E-state index in [4.69, 9.17) is 10.5 Å². The quantitative estimate of drug-likeness (QED) is 0.798. The number of ether oxygens (including phenoxy) is 1. The van der Waals surface area contributed by atoms with Crippen LogP contribution in [0.25, 0.3) is 0 Å². The predicted octanol–water partition coefficient (Wildman–Crippen LogP) is 0.640. The van der Waals surface area contributed by atoms with Crippen molar-refractivity contribution in [1.29, 1.82) is 0 Å². The summed E-state index contributed by atoms with van der Waals surface area (Å²) in [6.07, 6.45) is -0.0623. The first-order valence-corrected chi connectivity index (χ1v) is 7.33. The molecule has 0 bridgehead atoms. The molecular formula is C14H20N2O2S. The number of nitrogens with two attached hydrogens (primary N) is 1. The Balaban J connectivity index is 1.97. The lowest BCUT2D eigenvalue weighted by Crippen LogP contribution is -2.48. The van der Waals surface area contributed by atoms with E-state index >= 15 is 0 Å². The second-order valence-electron chi connectivity index (χ2n) is 4.72. The van der Waals surface area contributed by atoms with Gasteiger partial charge in [-0.15, -0.1) is 11.3 Å². The summed E-state index contributed by atoms with van der Waals surface area (Å²) in [4.78, 5) is 3.63. The highest BCUT2D eigenvalue weighted by molar-refractivity contribution is 7.10. The number of thiophene rings is 1. The molecule has 1 saturated heterocycles. The Morgan fingerprint density at radius 3 is 3.21 bits per heavy atom. The van der Waals surface area contributed by atoms with E-state index in [9.17, 15) is 5.11 Å². The Labute approximate surface area is 118 Å². The van der Waals surface area contributed by atoms with Gasteiger partial charge in [0.25, 0.3) is 0 Å². The highest BCUT2D eigenvalue weighted by atomic mass is 32.1. The Morgan fingerprint density at radius 1 is 1.63 bits per heavy atom. The molecule has 4 nitrogen and oxygen atoms in total. The largest absolute Gasteiger partial charge is 0.394 e. The Bertz CT molecular complexity index is 464. The fourth-order valence-corrected chi connectivity index (χ4v) is 2.93. The molecule has 1 fully saturated rings. The van der Waals surface area contributed by atoms with Crippen molar-refractivity contribution in [3.8, 4) is 11.8 Å². The topological polar surface area (TPSA) is 58.7 Å². The van der Waals surface area contributed by atoms with Gasteiger partial charge < -0.3 is 15.6 Å². The number of hydrogen-bond acceptors (Lipinski definition) is 5. The lowest BCUT2D eigenvalue weighted by atomic mass is 10.2. The maximum absolute atomic E-state index is 9.18. The van der Waals surface area contributed by atoms with Crippen LogP contribution >= 0.6 is 11.3 Å². The average Bonchev–Trinajstić information content (AvgIpc) is 2.86. The van der Waals surface area contributed by atoms with Gasteiger partial charge in [0.2, 0.25) is 0 Å². The van der Waals surface area contributed by atoms with Crippen molar-refractivity contribution in [2.24, 2.45) is 5.73 Å². The predicted molar refractivity (Wildman–Crippen MR) is 76.9 cm³/mol. The third kappa shape index (κ3) is 4.03. The lowest BCUT2D eigenvalue weighted by Gasteiger charge is -2.37. The Kier molecular flexibility index (Phi) is 5.37.